The first-order valence-corrected chi connectivity index (χ1v) is 10.1. The van der Waals surface area contributed by atoms with Gasteiger partial charge >= 0.3 is 6.01 Å². The second-order valence-corrected chi connectivity index (χ2v) is 8.76. The van der Waals surface area contributed by atoms with Crippen LogP contribution < -0.4 is 15.0 Å². The summed E-state index contributed by atoms with van der Waals surface area (Å²) < 4.78 is 5.27. The maximum Gasteiger partial charge on any atom is 0.318 e. The average molecular weight is 356 g/mol. The van der Waals surface area contributed by atoms with E-state index in [0.29, 0.717) is 35.2 Å². The van der Waals surface area contributed by atoms with Crippen LogP contribution in [0.25, 0.3) is 0 Å². The first-order valence-electron chi connectivity index (χ1n) is 10.1. The van der Waals surface area contributed by atoms with Crippen LogP contribution >= 0.6 is 0 Å². The highest BCUT2D eigenvalue weighted by Crippen LogP contribution is 2.70. The van der Waals surface area contributed by atoms with Gasteiger partial charge in [0, 0.05) is 36.2 Å². The largest absolute Gasteiger partial charge is 0.467 e. The number of amides is 1. The molecule has 1 amide bonds. The van der Waals surface area contributed by atoms with E-state index in [1.807, 2.05) is 13.0 Å². The molecule has 1 saturated heterocycles. The molecule has 0 radical (unpaired) electrons. The van der Waals surface area contributed by atoms with Gasteiger partial charge in [-0.05, 0) is 44.4 Å². The summed E-state index contributed by atoms with van der Waals surface area (Å²) in [5.74, 6) is 2.06. The number of aromatic nitrogens is 2. The molecule has 4 unspecified atom stereocenters. The number of anilines is 1. The summed E-state index contributed by atoms with van der Waals surface area (Å²) in [4.78, 5) is 24.0. The van der Waals surface area contributed by atoms with Crippen LogP contribution in [0, 0.1) is 24.2 Å². The van der Waals surface area contributed by atoms with E-state index in [1.54, 1.807) is 7.11 Å². The minimum atomic E-state index is 0.241. The van der Waals surface area contributed by atoms with Crippen molar-refractivity contribution < 1.29 is 9.53 Å². The third-order valence-corrected chi connectivity index (χ3v) is 7.12. The third-order valence-electron chi connectivity index (χ3n) is 7.12. The number of methoxy groups -OCH3 is 1. The Labute approximate surface area is 154 Å². The summed E-state index contributed by atoms with van der Waals surface area (Å²) in [5.41, 5.74) is 1.34. The van der Waals surface area contributed by atoms with Gasteiger partial charge in [0.15, 0.2) is 0 Å². The van der Waals surface area contributed by atoms with E-state index in [2.05, 4.69) is 20.2 Å². The van der Waals surface area contributed by atoms with Crippen molar-refractivity contribution in [3.63, 3.8) is 0 Å². The fourth-order valence-electron chi connectivity index (χ4n) is 5.37. The van der Waals surface area contributed by atoms with Crippen LogP contribution in [0.1, 0.15) is 50.6 Å². The number of nitrogens with one attached hydrogen (secondary N) is 1. The molecule has 4 aliphatic rings. The Bertz CT molecular complexity index is 733. The van der Waals surface area contributed by atoms with Crippen molar-refractivity contribution in [2.24, 2.45) is 17.3 Å². The van der Waals surface area contributed by atoms with Crippen LogP contribution in [0.5, 0.6) is 6.01 Å². The molecule has 0 aromatic carbocycles. The lowest BCUT2D eigenvalue weighted by atomic mass is 9.82. The van der Waals surface area contributed by atoms with Gasteiger partial charge in [-0.15, -0.1) is 0 Å². The fraction of sp³-hybridized carbons (Fsp3) is 0.750. The molecule has 5 rings (SSSR count). The number of aryl methyl sites for hydroxylation is 1. The zero-order valence-electron chi connectivity index (χ0n) is 15.7. The topological polar surface area (TPSA) is 67.3 Å². The predicted octanol–water partition coefficient (Wildman–Crippen LogP) is 2.46. The van der Waals surface area contributed by atoms with Gasteiger partial charge in [-0.2, -0.15) is 4.98 Å². The van der Waals surface area contributed by atoms with E-state index in [0.717, 1.165) is 24.5 Å². The van der Waals surface area contributed by atoms with Crippen molar-refractivity contribution in [3.8, 4) is 6.01 Å². The number of carbonyl (C=O) groups is 1. The number of fused-ring (bicyclic) bond motifs is 1. The first-order chi connectivity index (χ1) is 12.6. The number of hydrogen-bond acceptors (Lipinski definition) is 5. The molecule has 140 valence electrons. The molecule has 3 saturated carbocycles. The highest BCUT2D eigenvalue weighted by Gasteiger charge is 2.66. The van der Waals surface area contributed by atoms with Crippen molar-refractivity contribution in [1.29, 1.82) is 0 Å². The second-order valence-electron chi connectivity index (χ2n) is 8.76. The summed E-state index contributed by atoms with van der Waals surface area (Å²) >= 11 is 0. The van der Waals surface area contributed by atoms with E-state index >= 15 is 0 Å². The van der Waals surface area contributed by atoms with Crippen LogP contribution in [0.15, 0.2) is 6.07 Å². The lowest BCUT2D eigenvalue weighted by molar-refractivity contribution is -0.123. The quantitative estimate of drug-likeness (QED) is 0.898. The van der Waals surface area contributed by atoms with Gasteiger partial charge in [-0.1, -0.05) is 12.8 Å². The molecule has 1 aromatic heterocycles. The van der Waals surface area contributed by atoms with Gasteiger partial charge in [-0.3, -0.25) is 4.79 Å². The van der Waals surface area contributed by atoms with Gasteiger partial charge < -0.3 is 15.0 Å². The Hall–Kier alpha value is -1.85. The Balaban J connectivity index is 1.36. The molecule has 2 heterocycles. The van der Waals surface area contributed by atoms with Gasteiger partial charge in [-0.25, -0.2) is 4.98 Å². The van der Waals surface area contributed by atoms with Crippen LogP contribution in [-0.2, 0) is 4.79 Å². The molecule has 1 spiro atoms. The molecule has 6 heteroatoms. The van der Waals surface area contributed by atoms with Crippen LogP contribution in [0.4, 0.5) is 5.82 Å². The fourth-order valence-corrected chi connectivity index (χ4v) is 5.37. The normalized spacial score (nSPS) is 33.7. The number of carbonyl (C=O) groups excluding carboxylic acids is 1. The second kappa shape index (κ2) is 5.83. The maximum absolute atomic E-state index is 12.7. The lowest BCUT2D eigenvalue weighted by Gasteiger charge is -2.33. The molecule has 1 aromatic rings. The van der Waals surface area contributed by atoms with Crippen molar-refractivity contribution in [1.82, 2.24) is 15.3 Å². The molecule has 1 N–H and O–H groups in total. The van der Waals surface area contributed by atoms with Gasteiger partial charge in [0.1, 0.15) is 5.82 Å². The van der Waals surface area contributed by atoms with Gasteiger partial charge in [0.25, 0.3) is 0 Å². The summed E-state index contributed by atoms with van der Waals surface area (Å²) in [6.07, 6.45) is 8.53. The molecule has 3 aliphatic carbocycles. The highest BCUT2D eigenvalue weighted by atomic mass is 16.5. The van der Waals surface area contributed by atoms with E-state index in [9.17, 15) is 4.79 Å². The minimum absolute atomic E-state index is 0.241. The van der Waals surface area contributed by atoms with Gasteiger partial charge in [0.2, 0.25) is 5.91 Å². The standard InChI is InChI=1S/C20H28N4O2/c1-12-9-17(23-19(21-12)26-2)24-11-15(13-5-3-4-6-16(13)24)22-18(25)14-10-20(14)7-8-20/h9,13-16H,3-8,10-11H2,1-2H3,(H,22,25). The predicted molar refractivity (Wildman–Crippen MR) is 98.1 cm³/mol. The SMILES string of the molecule is COc1nc(C)cc(N2CC(NC(=O)C3CC34CC4)C3CCCCC32)n1. The smallest absolute Gasteiger partial charge is 0.318 e. The van der Waals surface area contributed by atoms with Crippen molar-refractivity contribution >= 4 is 11.7 Å². The first kappa shape index (κ1) is 16.3. The molecule has 0 bridgehead atoms. The summed E-state index contributed by atoms with van der Waals surface area (Å²) in [7, 11) is 1.61. The summed E-state index contributed by atoms with van der Waals surface area (Å²) in [5, 5.41) is 3.42. The molecular formula is C20H28N4O2. The number of rotatable bonds is 4. The lowest BCUT2D eigenvalue weighted by Crippen LogP contribution is -2.42. The van der Waals surface area contributed by atoms with E-state index < -0.39 is 0 Å². The Kier molecular flexibility index (Phi) is 3.66. The Morgan fingerprint density at radius 1 is 1.31 bits per heavy atom. The number of ether oxygens (including phenoxy) is 1. The van der Waals surface area contributed by atoms with Crippen LogP contribution in [0.2, 0.25) is 0 Å². The summed E-state index contributed by atoms with van der Waals surface area (Å²) in [6.45, 7) is 2.82. The van der Waals surface area contributed by atoms with Crippen LogP contribution in [0.3, 0.4) is 0 Å². The van der Waals surface area contributed by atoms with Crippen molar-refractivity contribution in [3.05, 3.63) is 11.8 Å². The monoisotopic (exact) mass is 356 g/mol. The van der Waals surface area contributed by atoms with Gasteiger partial charge in [0.05, 0.1) is 13.2 Å². The minimum Gasteiger partial charge on any atom is -0.467 e. The van der Waals surface area contributed by atoms with E-state index in [4.69, 9.17) is 4.74 Å². The molecular weight excluding hydrogens is 328 g/mol. The number of hydrogen-bond donors (Lipinski definition) is 1. The van der Waals surface area contributed by atoms with E-state index in [1.165, 1.54) is 38.5 Å². The molecule has 26 heavy (non-hydrogen) atoms. The molecule has 1 aliphatic heterocycles. The molecule has 4 atom stereocenters. The zero-order valence-corrected chi connectivity index (χ0v) is 15.7. The Morgan fingerprint density at radius 2 is 2.12 bits per heavy atom. The summed E-state index contributed by atoms with van der Waals surface area (Å²) in [6, 6.07) is 3.17. The molecule has 4 fully saturated rings. The molecule has 6 nitrogen and oxygen atoms in total. The van der Waals surface area contributed by atoms with E-state index in [-0.39, 0.29) is 6.04 Å². The maximum atomic E-state index is 12.7. The Morgan fingerprint density at radius 3 is 2.85 bits per heavy atom. The number of nitrogens with zero attached hydrogens (tertiary/aromatic N) is 3. The van der Waals surface area contributed by atoms with Crippen molar-refractivity contribution in [2.45, 2.75) is 64.0 Å². The van der Waals surface area contributed by atoms with Crippen molar-refractivity contribution in [2.75, 3.05) is 18.6 Å². The highest BCUT2D eigenvalue weighted by molar-refractivity contribution is 5.83. The average Bonchev–Trinajstić information content (AvgIpc) is 3.55. The van der Waals surface area contributed by atoms with Crippen LogP contribution in [-0.4, -0.2) is 41.6 Å². The zero-order chi connectivity index (χ0) is 17.9. The third kappa shape index (κ3) is 2.65.